The van der Waals surface area contributed by atoms with Gasteiger partial charge in [-0.15, -0.1) is 0 Å². The highest BCUT2D eigenvalue weighted by atomic mass is 19.1. The molecule has 1 N–H and O–H groups in total. The van der Waals surface area contributed by atoms with E-state index in [0.29, 0.717) is 0 Å². The van der Waals surface area contributed by atoms with Gasteiger partial charge in [-0.2, -0.15) is 0 Å². The van der Waals surface area contributed by atoms with Crippen LogP contribution in [0.2, 0.25) is 0 Å². The number of nitrogens with zero attached hydrogens (tertiary/aromatic N) is 1. The zero-order chi connectivity index (χ0) is 11.4. The molecule has 2 aromatic rings. The molecule has 0 atom stereocenters. The molecule has 0 fully saturated rings. The van der Waals surface area contributed by atoms with E-state index in [1.165, 1.54) is 18.3 Å². The Balaban J connectivity index is 2.51. The van der Waals surface area contributed by atoms with Crippen molar-refractivity contribution in [2.75, 3.05) is 0 Å². The molecule has 16 heavy (non-hydrogen) atoms. The second kappa shape index (κ2) is 4.57. The second-order valence-corrected chi connectivity index (χ2v) is 3.34. The van der Waals surface area contributed by atoms with E-state index in [1.807, 2.05) is 24.3 Å². The summed E-state index contributed by atoms with van der Waals surface area (Å²) in [6.45, 7) is 0. The van der Waals surface area contributed by atoms with Gasteiger partial charge in [0, 0.05) is 5.56 Å². The first-order valence-electron chi connectivity index (χ1n) is 4.83. The monoisotopic (exact) mass is 215 g/mol. The molecule has 0 saturated carbocycles. The topological polar surface area (TPSA) is 32.6 Å². The molecule has 0 unspecified atom stereocenters. The van der Waals surface area contributed by atoms with Crippen molar-refractivity contribution in [3.63, 3.8) is 0 Å². The molecule has 0 saturated heterocycles. The van der Waals surface area contributed by atoms with Gasteiger partial charge in [-0.05, 0) is 23.3 Å². The van der Waals surface area contributed by atoms with E-state index < -0.39 is 0 Å². The quantitative estimate of drug-likeness (QED) is 0.465. The molecule has 0 heterocycles. The van der Waals surface area contributed by atoms with Crippen LogP contribution in [0, 0.1) is 5.82 Å². The maximum atomic E-state index is 12.8. The van der Waals surface area contributed by atoms with Crippen molar-refractivity contribution in [3.8, 4) is 11.1 Å². The number of oxime groups is 1. The van der Waals surface area contributed by atoms with Crippen molar-refractivity contribution in [1.82, 2.24) is 0 Å². The van der Waals surface area contributed by atoms with E-state index in [0.717, 1.165) is 16.7 Å². The molecule has 0 aromatic heterocycles. The Morgan fingerprint density at radius 2 is 1.69 bits per heavy atom. The Bertz CT molecular complexity index is 506. The summed E-state index contributed by atoms with van der Waals surface area (Å²) < 4.78 is 12.8. The summed E-state index contributed by atoms with van der Waals surface area (Å²) >= 11 is 0. The van der Waals surface area contributed by atoms with Crippen molar-refractivity contribution >= 4 is 6.21 Å². The zero-order valence-corrected chi connectivity index (χ0v) is 8.47. The summed E-state index contributed by atoms with van der Waals surface area (Å²) in [5.41, 5.74) is 2.58. The molecular weight excluding hydrogens is 205 g/mol. The van der Waals surface area contributed by atoms with Crippen LogP contribution in [0.5, 0.6) is 0 Å². The van der Waals surface area contributed by atoms with Crippen LogP contribution in [0.4, 0.5) is 4.39 Å². The van der Waals surface area contributed by atoms with Crippen molar-refractivity contribution in [2.24, 2.45) is 5.16 Å². The highest BCUT2D eigenvalue weighted by molar-refractivity contribution is 5.89. The van der Waals surface area contributed by atoms with Crippen molar-refractivity contribution in [1.29, 1.82) is 0 Å². The highest BCUT2D eigenvalue weighted by Crippen LogP contribution is 2.22. The molecule has 0 aliphatic rings. The Hall–Kier alpha value is -2.16. The molecule has 0 aliphatic carbocycles. The minimum atomic E-state index is -0.267. The molecule has 2 aromatic carbocycles. The maximum absolute atomic E-state index is 12.8. The van der Waals surface area contributed by atoms with Crippen LogP contribution in [-0.2, 0) is 0 Å². The molecule has 0 amide bonds. The van der Waals surface area contributed by atoms with E-state index >= 15 is 0 Å². The van der Waals surface area contributed by atoms with E-state index in [1.54, 1.807) is 12.1 Å². The maximum Gasteiger partial charge on any atom is 0.123 e. The highest BCUT2D eigenvalue weighted by Gasteiger charge is 2.02. The number of hydrogen-bond donors (Lipinski definition) is 1. The fraction of sp³-hybridized carbons (Fsp3) is 0. The van der Waals surface area contributed by atoms with Gasteiger partial charge >= 0.3 is 0 Å². The summed E-state index contributed by atoms with van der Waals surface area (Å²) in [6.07, 6.45) is 1.36. The lowest BCUT2D eigenvalue weighted by Crippen LogP contribution is -1.87. The predicted octanol–water partition coefficient (Wildman–Crippen LogP) is 3.30. The fourth-order valence-electron chi connectivity index (χ4n) is 1.56. The largest absolute Gasteiger partial charge is 0.411 e. The van der Waals surface area contributed by atoms with Gasteiger partial charge in [0.1, 0.15) is 5.82 Å². The predicted molar refractivity (Wildman–Crippen MR) is 61.2 cm³/mol. The Labute approximate surface area is 92.7 Å². The van der Waals surface area contributed by atoms with E-state index in [9.17, 15) is 4.39 Å². The standard InChI is InChI=1S/C13H10FNO/c14-12-7-5-10(6-8-12)13-4-2-1-3-11(13)9-15-16/h1-9,16H/b15-9+. The number of rotatable bonds is 2. The molecule has 2 rings (SSSR count). The van der Waals surface area contributed by atoms with Crippen molar-refractivity contribution < 1.29 is 9.60 Å². The molecule has 0 bridgehead atoms. The molecule has 3 heteroatoms. The molecule has 0 aliphatic heterocycles. The molecule has 0 radical (unpaired) electrons. The lowest BCUT2D eigenvalue weighted by molar-refractivity contribution is 0.322. The van der Waals surface area contributed by atoms with Gasteiger partial charge in [-0.25, -0.2) is 4.39 Å². The van der Waals surface area contributed by atoms with Gasteiger partial charge in [0.25, 0.3) is 0 Å². The minimum Gasteiger partial charge on any atom is -0.411 e. The Morgan fingerprint density at radius 1 is 1.00 bits per heavy atom. The van der Waals surface area contributed by atoms with Gasteiger partial charge in [0.2, 0.25) is 0 Å². The van der Waals surface area contributed by atoms with E-state index in [4.69, 9.17) is 5.21 Å². The lowest BCUT2D eigenvalue weighted by Gasteiger charge is -2.04. The number of halogens is 1. The summed E-state index contributed by atoms with van der Waals surface area (Å²) in [5, 5.41) is 11.6. The summed E-state index contributed by atoms with van der Waals surface area (Å²) in [6, 6.07) is 13.7. The normalized spacial score (nSPS) is 10.8. The average Bonchev–Trinajstić information content (AvgIpc) is 2.32. The third kappa shape index (κ3) is 2.08. The van der Waals surface area contributed by atoms with Crippen LogP contribution in [0.1, 0.15) is 5.56 Å². The lowest BCUT2D eigenvalue weighted by atomic mass is 10.0. The SMILES string of the molecule is O/N=C/c1ccccc1-c1ccc(F)cc1. The fourth-order valence-corrected chi connectivity index (χ4v) is 1.56. The minimum absolute atomic E-state index is 0.267. The Kier molecular flexibility index (Phi) is 2.96. The third-order valence-electron chi connectivity index (χ3n) is 2.31. The van der Waals surface area contributed by atoms with Gasteiger partial charge < -0.3 is 5.21 Å². The van der Waals surface area contributed by atoms with Crippen LogP contribution in [0.15, 0.2) is 53.7 Å². The molecule has 0 spiro atoms. The number of benzene rings is 2. The van der Waals surface area contributed by atoms with Crippen molar-refractivity contribution in [3.05, 3.63) is 59.9 Å². The second-order valence-electron chi connectivity index (χ2n) is 3.34. The average molecular weight is 215 g/mol. The smallest absolute Gasteiger partial charge is 0.123 e. The van der Waals surface area contributed by atoms with Crippen LogP contribution in [0.25, 0.3) is 11.1 Å². The van der Waals surface area contributed by atoms with Crippen LogP contribution >= 0.6 is 0 Å². The Morgan fingerprint density at radius 3 is 2.38 bits per heavy atom. The zero-order valence-electron chi connectivity index (χ0n) is 8.47. The number of hydrogen-bond acceptors (Lipinski definition) is 2. The van der Waals surface area contributed by atoms with Gasteiger partial charge in [0.15, 0.2) is 0 Å². The molecule has 80 valence electrons. The van der Waals surface area contributed by atoms with Gasteiger partial charge in [0.05, 0.1) is 6.21 Å². The first-order chi connectivity index (χ1) is 7.81. The molecular formula is C13H10FNO. The first-order valence-corrected chi connectivity index (χ1v) is 4.83. The summed E-state index contributed by atoms with van der Waals surface area (Å²) in [7, 11) is 0. The van der Waals surface area contributed by atoms with Crippen molar-refractivity contribution in [2.45, 2.75) is 0 Å². The van der Waals surface area contributed by atoms with Crippen LogP contribution < -0.4 is 0 Å². The van der Waals surface area contributed by atoms with E-state index in [2.05, 4.69) is 5.16 Å². The van der Waals surface area contributed by atoms with Crippen LogP contribution in [-0.4, -0.2) is 11.4 Å². The first kappa shape index (κ1) is 10.4. The van der Waals surface area contributed by atoms with Gasteiger partial charge in [-0.1, -0.05) is 41.6 Å². The summed E-state index contributed by atoms with van der Waals surface area (Å²) in [5.74, 6) is -0.267. The molecule has 2 nitrogen and oxygen atoms in total. The van der Waals surface area contributed by atoms with Gasteiger partial charge in [-0.3, -0.25) is 0 Å². The third-order valence-corrected chi connectivity index (χ3v) is 2.31. The van der Waals surface area contributed by atoms with Crippen LogP contribution in [0.3, 0.4) is 0 Å². The summed E-state index contributed by atoms with van der Waals surface area (Å²) in [4.78, 5) is 0. The van der Waals surface area contributed by atoms with E-state index in [-0.39, 0.29) is 5.82 Å².